The van der Waals surface area contributed by atoms with E-state index in [1.165, 1.54) is 10.9 Å². The molecule has 0 atom stereocenters. The van der Waals surface area contributed by atoms with Gasteiger partial charge in [-0.15, -0.1) is 0 Å². The third kappa shape index (κ3) is 2.34. The summed E-state index contributed by atoms with van der Waals surface area (Å²) in [7, 11) is 0. The molecule has 0 spiro atoms. The molecule has 1 aromatic heterocycles. The first kappa shape index (κ1) is 11.8. The van der Waals surface area contributed by atoms with Gasteiger partial charge in [-0.25, -0.2) is 0 Å². The number of nitrogens with one attached hydrogen (secondary N) is 1. The van der Waals surface area contributed by atoms with Gasteiger partial charge in [0.25, 0.3) is 0 Å². The number of para-hydroxylation sites is 1. The van der Waals surface area contributed by atoms with Crippen LogP contribution in [0.15, 0.2) is 54.7 Å². The minimum atomic E-state index is 0.753. The van der Waals surface area contributed by atoms with Crippen molar-refractivity contribution < 1.29 is 4.74 Å². The average Bonchev–Trinajstić information content (AvgIpc) is 2.92. The third-order valence-electron chi connectivity index (χ3n) is 3.21. The van der Waals surface area contributed by atoms with Gasteiger partial charge in [-0.05, 0) is 41.6 Å². The molecule has 0 aliphatic rings. The molecule has 0 aliphatic heterocycles. The smallest absolute Gasteiger partial charge is 0.127 e. The van der Waals surface area contributed by atoms with E-state index < -0.39 is 0 Å². The lowest BCUT2D eigenvalue weighted by Gasteiger charge is -2.11. The third-order valence-corrected chi connectivity index (χ3v) is 3.21. The van der Waals surface area contributed by atoms with Crippen LogP contribution in [0.25, 0.3) is 22.0 Å². The molecule has 3 rings (SSSR count). The van der Waals surface area contributed by atoms with Crippen molar-refractivity contribution in [3.8, 4) is 16.9 Å². The molecule has 2 aromatic carbocycles. The molecular weight excluding hydrogens is 234 g/mol. The van der Waals surface area contributed by atoms with E-state index >= 15 is 0 Å². The highest BCUT2D eigenvalue weighted by Crippen LogP contribution is 2.31. The number of hydrogen-bond donors (Lipinski definition) is 1. The summed E-state index contributed by atoms with van der Waals surface area (Å²) in [5, 5.41) is 1.22. The molecule has 0 amide bonds. The molecule has 3 aromatic rings. The van der Waals surface area contributed by atoms with Crippen LogP contribution >= 0.6 is 0 Å². The Hall–Kier alpha value is -2.22. The normalized spacial score (nSPS) is 10.8. The van der Waals surface area contributed by atoms with Crippen molar-refractivity contribution >= 4 is 10.9 Å². The Morgan fingerprint density at radius 2 is 1.95 bits per heavy atom. The van der Waals surface area contributed by atoms with Crippen molar-refractivity contribution in [2.45, 2.75) is 13.3 Å². The lowest BCUT2D eigenvalue weighted by atomic mass is 10.0. The fourth-order valence-corrected chi connectivity index (χ4v) is 2.26. The molecule has 2 heteroatoms. The van der Waals surface area contributed by atoms with Gasteiger partial charge in [0.05, 0.1) is 6.61 Å². The molecule has 2 nitrogen and oxygen atoms in total. The molecule has 1 heterocycles. The van der Waals surface area contributed by atoms with Crippen LogP contribution in [0.4, 0.5) is 0 Å². The number of hydrogen-bond acceptors (Lipinski definition) is 1. The highest BCUT2D eigenvalue weighted by Gasteiger charge is 2.06. The number of ether oxygens (including phenoxy) is 1. The second kappa shape index (κ2) is 5.19. The van der Waals surface area contributed by atoms with E-state index in [1.54, 1.807) is 0 Å². The summed E-state index contributed by atoms with van der Waals surface area (Å²) >= 11 is 0. The minimum Gasteiger partial charge on any atom is -0.493 e. The van der Waals surface area contributed by atoms with Crippen molar-refractivity contribution in [1.29, 1.82) is 0 Å². The van der Waals surface area contributed by atoms with Crippen LogP contribution in [0.3, 0.4) is 0 Å². The van der Waals surface area contributed by atoms with Gasteiger partial charge in [-0.3, -0.25) is 0 Å². The molecule has 96 valence electrons. The Kier molecular flexibility index (Phi) is 3.23. The number of H-pyrrole nitrogens is 1. The van der Waals surface area contributed by atoms with E-state index in [0.29, 0.717) is 0 Å². The molecule has 0 saturated carbocycles. The van der Waals surface area contributed by atoms with Crippen molar-refractivity contribution in [1.82, 2.24) is 4.98 Å². The Morgan fingerprint density at radius 1 is 1.05 bits per heavy atom. The van der Waals surface area contributed by atoms with E-state index in [9.17, 15) is 0 Å². The number of benzene rings is 2. The van der Waals surface area contributed by atoms with Crippen LogP contribution in [-0.2, 0) is 0 Å². The standard InChI is InChI=1S/C17H17NO/c1-2-11-19-17-6-4-3-5-15(17)13-7-8-16-14(12-13)9-10-18-16/h3-10,12,18H,2,11H2,1H3. The quantitative estimate of drug-likeness (QED) is 0.718. The van der Waals surface area contributed by atoms with Gasteiger partial charge in [0, 0.05) is 17.3 Å². The highest BCUT2D eigenvalue weighted by atomic mass is 16.5. The van der Waals surface area contributed by atoms with E-state index in [4.69, 9.17) is 4.74 Å². The summed E-state index contributed by atoms with van der Waals surface area (Å²) in [4.78, 5) is 3.22. The van der Waals surface area contributed by atoms with Gasteiger partial charge in [-0.2, -0.15) is 0 Å². The zero-order chi connectivity index (χ0) is 13.1. The number of fused-ring (bicyclic) bond motifs is 1. The van der Waals surface area contributed by atoms with Gasteiger partial charge in [0.1, 0.15) is 5.75 Å². The number of aromatic amines is 1. The first-order valence-corrected chi connectivity index (χ1v) is 6.68. The van der Waals surface area contributed by atoms with Crippen molar-refractivity contribution in [2.75, 3.05) is 6.61 Å². The summed E-state index contributed by atoms with van der Waals surface area (Å²) in [5.41, 5.74) is 3.51. The van der Waals surface area contributed by atoms with Crippen molar-refractivity contribution in [2.24, 2.45) is 0 Å². The average molecular weight is 251 g/mol. The van der Waals surface area contributed by atoms with Crippen LogP contribution in [0.1, 0.15) is 13.3 Å². The van der Waals surface area contributed by atoms with E-state index in [1.807, 2.05) is 18.3 Å². The number of rotatable bonds is 4. The molecule has 0 saturated heterocycles. The highest BCUT2D eigenvalue weighted by molar-refractivity contribution is 5.86. The van der Waals surface area contributed by atoms with Gasteiger partial charge in [-0.1, -0.05) is 31.2 Å². The zero-order valence-corrected chi connectivity index (χ0v) is 11.0. The van der Waals surface area contributed by atoms with Crippen LogP contribution in [0.2, 0.25) is 0 Å². The van der Waals surface area contributed by atoms with Gasteiger partial charge >= 0.3 is 0 Å². The summed E-state index contributed by atoms with van der Waals surface area (Å²) in [6, 6.07) is 16.7. The topological polar surface area (TPSA) is 25.0 Å². The lowest BCUT2D eigenvalue weighted by Crippen LogP contribution is -1.96. The van der Waals surface area contributed by atoms with Gasteiger partial charge in [0.15, 0.2) is 0 Å². The van der Waals surface area contributed by atoms with Gasteiger partial charge in [0.2, 0.25) is 0 Å². The zero-order valence-electron chi connectivity index (χ0n) is 11.0. The second-order valence-electron chi connectivity index (χ2n) is 4.62. The first-order valence-electron chi connectivity index (χ1n) is 6.68. The SMILES string of the molecule is CCCOc1ccccc1-c1ccc2[nH]ccc2c1. The number of aromatic nitrogens is 1. The predicted octanol–water partition coefficient (Wildman–Crippen LogP) is 4.62. The summed E-state index contributed by atoms with van der Waals surface area (Å²) in [6.45, 7) is 2.87. The van der Waals surface area contributed by atoms with Crippen LogP contribution in [-0.4, -0.2) is 11.6 Å². The maximum absolute atomic E-state index is 5.83. The van der Waals surface area contributed by atoms with Crippen LogP contribution in [0, 0.1) is 0 Å². The lowest BCUT2D eigenvalue weighted by molar-refractivity contribution is 0.318. The summed E-state index contributed by atoms with van der Waals surface area (Å²) in [5.74, 6) is 0.958. The molecule has 0 aliphatic carbocycles. The Labute approximate surface area is 113 Å². The fourth-order valence-electron chi connectivity index (χ4n) is 2.26. The van der Waals surface area contributed by atoms with Crippen LogP contribution < -0.4 is 4.74 Å². The second-order valence-corrected chi connectivity index (χ2v) is 4.62. The monoisotopic (exact) mass is 251 g/mol. The maximum atomic E-state index is 5.83. The molecule has 0 unspecified atom stereocenters. The molecule has 0 fully saturated rings. The summed E-state index contributed by atoms with van der Waals surface area (Å²) < 4.78 is 5.83. The fraction of sp³-hybridized carbons (Fsp3) is 0.176. The van der Waals surface area contributed by atoms with Crippen LogP contribution in [0.5, 0.6) is 5.75 Å². The minimum absolute atomic E-state index is 0.753. The largest absolute Gasteiger partial charge is 0.493 e. The van der Waals surface area contributed by atoms with E-state index in [0.717, 1.165) is 29.9 Å². The molecule has 0 bridgehead atoms. The Balaban J connectivity index is 2.04. The molecule has 19 heavy (non-hydrogen) atoms. The molecular formula is C17H17NO. The molecule has 1 N–H and O–H groups in total. The van der Waals surface area contributed by atoms with E-state index in [-0.39, 0.29) is 0 Å². The summed E-state index contributed by atoms with van der Waals surface area (Å²) in [6.07, 6.45) is 2.99. The predicted molar refractivity (Wildman–Crippen MR) is 79.5 cm³/mol. The first-order chi connectivity index (χ1) is 9.38. The van der Waals surface area contributed by atoms with Crippen molar-refractivity contribution in [3.05, 3.63) is 54.7 Å². The van der Waals surface area contributed by atoms with Gasteiger partial charge < -0.3 is 9.72 Å². The molecule has 0 radical (unpaired) electrons. The Bertz CT molecular complexity index is 684. The maximum Gasteiger partial charge on any atom is 0.127 e. The van der Waals surface area contributed by atoms with E-state index in [2.05, 4.69) is 48.3 Å². The Morgan fingerprint density at radius 3 is 2.84 bits per heavy atom. The van der Waals surface area contributed by atoms with Crippen molar-refractivity contribution in [3.63, 3.8) is 0 Å².